The lowest BCUT2D eigenvalue weighted by Gasteiger charge is -2.28. The van der Waals surface area contributed by atoms with Crippen LogP contribution in [0.4, 0.5) is 10.5 Å². The number of imide groups is 1. The molecule has 1 aliphatic heterocycles. The van der Waals surface area contributed by atoms with Crippen molar-refractivity contribution in [3.63, 3.8) is 0 Å². The Hall–Kier alpha value is -3.22. The number of benzene rings is 1. The Morgan fingerprint density at radius 2 is 2.00 bits per heavy atom. The van der Waals surface area contributed by atoms with Gasteiger partial charge < -0.3 is 10.1 Å². The van der Waals surface area contributed by atoms with E-state index in [1.54, 1.807) is 55.7 Å². The second-order valence-corrected chi connectivity index (χ2v) is 5.56. The Kier molecular flexibility index (Phi) is 4.74. The Morgan fingerprint density at radius 3 is 2.72 bits per heavy atom. The van der Waals surface area contributed by atoms with Gasteiger partial charge in [-0.25, -0.2) is 4.79 Å². The molecule has 0 bridgehead atoms. The lowest BCUT2D eigenvalue weighted by molar-refractivity contribution is -0.129. The van der Waals surface area contributed by atoms with Gasteiger partial charge in [-0.1, -0.05) is 18.2 Å². The van der Waals surface area contributed by atoms with Gasteiger partial charge in [0.25, 0.3) is 0 Å². The normalized spacial score (nSPS) is 18.7. The minimum atomic E-state index is -0.631. The van der Waals surface area contributed by atoms with Crippen LogP contribution in [0.15, 0.2) is 53.6 Å². The maximum atomic E-state index is 12.4. The second kappa shape index (κ2) is 7.12. The molecule has 7 heteroatoms. The van der Waals surface area contributed by atoms with E-state index in [4.69, 9.17) is 4.74 Å². The minimum absolute atomic E-state index is 0.000631. The van der Waals surface area contributed by atoms with E-state index in [2.05, 4.69) is 10.3 Å². The highest BCUT2D eigenvalue weighted by molar-refractivity contribution is 6.21. The fourth-order valence-corrected chi connectivity index (χ4v) is 2.60. The van der Waals surface area contributed by atoms with Crippen molar-refractivity contribution >= 4 is 29.2 Å². The molecule has 1 aliphatic carbocycles. The van der Waals surface area contributed by atoms with Crippen LogP contribution in [0.2, 0.25) is 0 Å². The van der Waals surface area contributed by atoms with Crippen LogP contribution in [0, 0.1) is 5.92 Å². The van der Waals surface area contributed by atoms with Gasteiger partial charge in [0.05, 0.1) is 18.7 Å². The summed E-state index contributed by atoms with van der Waals surface area (Å²) in [6.07, 6.45) is 6.81. The van der Waals surface area contributed by atoms with Gasteiger partial charge in [-0.3, -0.25) is 14.5 Å². The van der Waals surface area contributed by atoms with Gasteiger partial charge in [0.15, 0.2) is 0 Å². The van der Waals surface area contributed by atoms with Gasteiger partial charge >= 0.3 is 6.03 Å². The fraction of sp³-hybridized carbons (Fsp3) is 0.222. The van der Waals surface area contributed by atoms with E-state index in [0.717, 1.165) is 4.90 Å². The van der Waals surface area contributed by atoms with Gasteiger partial charge in [-0.15, -0.1) is 0 Å². The zero-order valence-electron chi connectivity index (χ0n) is 13.6. The number of methoxy groups -OCH3 is 1. The molecule has 2 aliphatic rings. The lowest BCUT2D eigenvalue weighted by atomic mass is 9.95. The first-order valence-electron chi connectivity index (χ1n) is 7.81. The van der Waals surface area contributed by atoms with Gasteiger partial charge in [0.1, 0.15) is 5.75 Å². The maximum absolute atomic E-state index is 12.4. The van der Waals surface area contributed by atoms with E-state index in [-0.39, 0.29) is 24.8 Å². The van der Waals surface area contributed by atoms with Crippen LogP contribution >= 0.6 is 0 Å². The van der Waals surface area contributed by atoms with Crippen molar-refractivity contribution in [1.82, 2.24) is 4.90 Å². The molecule has 7 nitrogen and oxygen atoms in total. The van der Waals surface area contributed by atoms with Crippen molar-refractivity contribution in [3.05, 3.63) is 48.6 Å². The number of fused-ring (bicyclic) bond motifs is 1. The molecule has 0 saturated carbocycles. The number of aliphatic imine (C=N–C) groups is 1. The molecule has 0 saturated heterocycles. The fourth-order valence-electron chi connectivity index (χ4n) is 2.60. The summed E-state index contributed by atoms with van der Waals surface area (Å²) >= 11 is 0. The molecule has 128 valence electrons. The van der Waals surface area contributed by atoms with Gasteiger partial charge in [0, 0.05) is 18.7 Å². The first-order chi connectivity index (χ1) is 12.1. The molecule has 1 aromatic rings. The van der Waals surface area contributed by atoms with Gasteiger partial charge in [-0.05, 0) is 30.3 Å². The summed E-state index contributed by atoms with van der Waals surface area (Å²) in [7, 11) is 1.56. The standard InChI is InChI=1S/C18H17N3O4/c1-25-13-8-6-12(7-9-13)19-16(22)10-11-21-17(23)14-4-2-3-5-15(14)20-18(21)24/h2-9,14H,10-11H2,1H3,(H,19,22). The highest BCUT2D eigenvalue weighted by atomic mass is 16.5. The van der Waals surface area contributed by atoms with Crippen molar-refractivity contribution in [1.29, 1.82) is 0 Å². The van der Waals surface area contributed by atoms with E-state index in [1.165, 1.54) is 0 Å². The van der Waals surface area contributed by atoms with Crippen molar-refractivity contribution in [2.24, 2.45) is 10.9 Å². The molecule has 4 amide bonds. The molecule has 1 N–H and O–H groups in total. The van der Waals surface area contributed by atoms with E-state index in [1.807, 2.05) is 0 Å². The van der Waals surface area contributed by atoms with Crippen LogP contribution in [-0.2, 0) is 9.59 Å². The molecule has 0 fully saturated rings. The van der Waals surface area contributed by atoms with Crippen molar-refractivity contribution in [3.8, 4) is 5.75 Å². The minimum Gasteiger partial charge on any atom is -0.497 e. The second-order valence-electron chi connectivity index (χ2n) is 5.56. The first kappa shape index (κ1) is 16.6. The molecular formula is C18H17N3O4. The zero-order valence-corrected chi connectivity index (χ0v) is 13.6. The predicted octanol–water partition coefficient (Wildman–Crippen LogP) is 2.17. The number of hydrogen-bond acceptors (Lipinski definition) is 4. The lowest BCUT2D eigenvalue weighted by Crippen LogP contribution is -2.46. The SMILES string of the molecule is COc1ccc(NC(=O)CCN2C(=O)N=C3C=CC=CC3C2=O)cc1. The van der Waals surface area contributed by atoms with Crippen LogP contribution in [0.5, 0.6) is 5.75 Å². The largest absolute Gasteiger partial charge is 0.497 e. The number of ether oxygens (including phenoxy) is 1. The molecule has 1 heterocycles. The van der Waals surface area contributed by atoms with Crippen molar-refractivity contribution in [2.45, 2.75) is 6.42 Å². The molecule has 25 heavy (non-hydrogen) atoms. The number of amides is 4. The number of rotatable bonds is 5. The number of allylic oxidation sites excluding steroid dienone is 3. The van der Waals surface area contributed by atoms with Gasteiger partial charge in [-0.2, -0.15) is 4.99 Å². The average molecular weight is 339 g/mol. The Morgan fingerprint density at radius 1 is 1.24 bits per heavy atom. The van der Waals surface area contributed by atoms with Crippen molar-refractivity contribution < 1.29 is 19.1 Å². The molecule has 1 aromatic carbocycles. The molecular weight excluding hydrogens is 322 g/mol. The third-order valence-electron chi connectivity index (χ3n) is 3.92. The average Bonchev–Trinajstić information content (AvgIpc) is 2.62. The van der Waals surface area contributed by atoms with E-state index in [9.17, 15) is 14.4 Å². The Labute approximate surface area is 144 Å². The summed E-state index contributed by atoms with van der Waals surface area (Å²) in [5.74, 6) is -0.509. The topological polar surface area (TPSA) is 88.1 Å². The molecule has 3 rings (SSSR count). The van der Waals surface area contributed by atoms with Crippen LogP contribution in [0.1, 0.15) is 6.42 Å². The van der Waals surface area contributed by atoms with E-state index in [0.29, 0.717) is 17.1 Å². The number of nitrogens with zero attached hydrogens (tertiary/aromatic N) is 2. The third-order valence-corrected chi connectivity index (χ3v) is 3.92. The number of hydrogen-bond donors (Lipinski definition) is 1. The monoisotopic (exact) mass is 339 g/mol. The summed E-state index contributed by atoms with van der Waals surface area (Å²) in [5.41, 5.74) is 1.05. The highest BCUT2D eigenvalue weighted by Crippen LogP contribution is 2.20. The van der Waals surface area contributed by atoms with E-state index < -0.39 is 11.9 Å². The predicted molar refractivity (Wildman–Crippen MR) is 92.6 cm³/mol. The summed E-state index contributed by atoms with van der Waals surface area (Å²) in [4.78, 5) is 41.4. The van der Waals surface area contributed by atoms with Crippen molar-refractivity contribution in [2.75, 3.05) is 19.0 Å². The highest BCUT2D eigenvalue weighted by Gasteiger charge is 2.35. The molecule has 0 aromatic heterocycles. The summed E-state index contributed by atoms with van der Waals surface area (Å²) in [6, 6.07) is 6.25. The first-order valence-corrected chi connectivity index (χ1v) is 7.81. The van der Waals surface area contributed by atoms with Crippen LogP contribution in [0.25, 0.3) is 0 Å². The van der Waals surface area contributed by atoms with Crippen LogP contribution in [-0.4, -0.2) is 42.1 Å². The quantitative estimate of drug-likeness (QED) is 0.890. The smallest absolute Gasteiger partial charge is 0.350 e. The summed E-state index contributed by atoms with van der Waals surface area (Å²) in [6.45, 7) is -0.00944. The molecule has 1 atom stereocenters. The van der Waals surface area contributed by atoms with E-state index >= 15 is 0 Å². The number of urea groups is 1. The third kappa shape index (κ3) is 3.65. The number of anilines is 1. The zero-order chi connectivity index (χ0) is 17.8. The Balaban J connectivity index is 1.59. The number of carbonyl (C=O) groups excluding carboxylic acids is 3. The molecule has 0 spiro atoms. The molecule has 1 unspecified atom stereocenters. The van der Waals surface area contributed by atoms with Crippen LogP contribution in [0.3, 0.4) is 0 Å². The summed E-state index contributed by atoms with van der Waals surface area (Å²) in [5, 5.41) is 2.71. The number of nitrogens with one attached hydrogen (secondary N) is 1. The van der Waals surface area contributed by atoms with Crippen LogP contribution < -0.4 is 10.1 Å². The molecule has 0 radical (unpaired) electrons. The summed E-state index contributed by atoms with van der Waals surface area (Å²) < 4.78 is 5.05. The number of carbonyl (C=O) groups is 3. The van der Waals surface area contributed by atoms with Gasteiger partial charge in [0.2, 0.25) is 11.8 Å². The maximum Gasteiger partial charge on any atom is 0.350 e. The Bertz CT molecular complexity index is 793.